The van der Waals surface area contributed by atoms with Crippen LogP contribution in [0.15, 0.2) is 88.4 Å². The molecule has 3 aromatic carbocycles. The number of phenolic OH excluding ortho intramolecular Hbond substituents is 1. The van der Waals surface area contributed by atoms with E-state index in [1.807, 2.05) is 42.5 Å². The maximum absolute atomic E-state index is 12.3. The first-order valence-electron chi connectivity index (χ1n) is 10.2. The Bertz CT molecular complexity index is 1250. The van der Waals surface area contributed by atoms with Crippen molar-refractivity contribution in [1.29, 1.82) is 0 Å². The van der Waals surface area contributed by atoms with Crippen LogP contribution in [0.5, 0.6) is 11.5 Å². The summed E-state index contributed by atoms with van der Waals surface area (Å²) < 4.78 is 6.60. The molecule has 0 aliphatic rings. The molecule has 0 atom stereocenters. The number of aromatic nitrogens is 2. The van der Waals surface area contributed by atoms with E-state index in [1.165, 1.54) is 17.8 Å². The van der Waals surface area contributed by atoms with Crippen molar-refractivity contribution in [2.45, 2.75) is 6.42 Å². The Balaban J connectivity index is 1.32. The first kappa shape index (κ1) is 22.3. The monoisotopic (exact) mass is 504 g/mol. The second-order valence-electron chi connectivity index (χ2n) is 7.18. The fourth-order valence-electron chi connectivity index (χ4n) is 3.09. The van der Waals surface area contributed by atoms with Gasteiger partial charge in [-0.05, 0) is 54.1 Å². The molecule has 4 aromatic rings. The van der Waals surface area contributed by atoms with Crippen molar-refractivity contribution < 1.29 is 14.6 Å². The van der Waals surface area contributed by atoms with Gasteiger partial charge >= 0.3 is 0 Å². The summed E-state index contributed by atoms with van der Waals surface area (Å²) in [5.41, 5.74) is 5.87. The van der Waals surface area contributed by atoms with E-state index in [4.69, 9.17) is 4.74 Å². The average Bonchev–Trinajstić information content (AvgIpc) is 3.33. The number of ether oxygens (including phenoxy) is 1. The largest absolute Gasteiger partial charge is 0.507 e. The summed E-state index contributed by atoms with van der Waals surface area (Å²) in [6.45, 7) is 0.592. The maximum atomic E-state index is 12.3. The summed E-state index contributed by atoms with van der Waals surface area (Å²) in [5.74, 6) is 0.390. The number of amides is 1. The van der Waals surface area contributed by atoms with Crippen LogP contribution in [0.2, 0.25) is 0 Å². The molecule has 33 heavy (non-hydrogen) atoms. The number of rotatable bonds is 8. The lowest BCUT2D eigenvalue weighted by Gasteiger charge is -2.06. The first-order chi connectivity index (χ1) is 16.1. The van der Waals surface area contributed by atoms with Gasteiger partial charge in [0.2, 0.25) is 0 Å². The summed E-state index contributed by atoms with van der Waals surface area (Å²) in [6, 6.07) is 24.3. The van der Waals surface area contributed by atoms with E-state index in [-0.39, 0.29) is 11.4 Å². The molecule has 0 fully saturated rings. The summed E-state index contributed by atoms with van der Waals surface area (Å²) in [4.78, 5) is 12.3. The Morgan fingerprint density at radius 3 is 2.67 bits per heavy atom. The molecular weight excluding hydrogens is 484 g/mol. The van der Waals surface area contributed by atoms with Gasteiger partial charge in [0.1, 0.15) is 17.2 Å². The van der Waals surface area contributed by atoms with Crippen LogP contribution in [0.4, 0.5) is 0 Å². The first-order valence-corrected chi connectivity index (χ1v) is 11.0. The lowest BCUT2D eigenvalue weighted by atomic mass is 10.1. The molecule has 0 aliphatic carbocycles. The molecule has 8 heteroatoms. The van der Waals surface area contributed by atoms with Crippen molar-refractivity contribution in [3.63, 3.8) is 0 Å². The third-order valence-corrected chi connectivity index (χ3v) is 5.33. The third-order valence-electron chi connectivity index (χ3n) is 4.83. The number of nitrogens with one attached hydrogen (secondary N) is 2. The molecule has 3 N–H and O–H groups in total. The second kappa shape index (κ2) is 10.6. The number of hydrogen-bond acceptors (Lipinski definition) is 5. The average molecular weight is 505 g/mol. The Morgan fingerprint density at radius 1 is 1.09 bits per heavy atom. The van der Waals surface area contributed by atoms with Crippen LogP contribution in [-0.4, -0.2) is 34.0 Å². The van der Waals surface area contributed by atoms with Crippen molar-refractivity contribution >= 4 is 28.1 Å². The van der Waals surface area contributed by atoms with Crippen LogP contribution in [0.25, 0.3) is 11.3 Å². The van der Waals surface area contributed by atoms with Crippen LogP contribution in [0.1, 0.15) is 21.6 Å². The number of aromatic amines is 1. The molecule has 1 aromatic heterocycles. The van der Waals surface area contributed by atoms with E-state index in [9.17, 15) is 9.90 Å². The van der Waals surface area contributed by atoms with Gasteiger partial charge in [-0.2, -0.15) is 10.2 Å². The van der Waals surface area contributed by atoms with Crippen molar-refractivity contribution in [2.24, 2.45) is 5.10 Å². The van der Waals surface area contributed by atoms with Crippen molar-refractivity contribution in [1.82, 2.24) is 15.6 Å². The van der Waals surface area contributed by atoms with E-state index in [1.54, 1.807) is 18.2 Å². The minimum atomic E-state index is -0.444. The predicted octanol–water partition coefficient (Wildman–Crippen LogP) is 4.93. The number of H-pyrrole nitrogens is 1. The Hall–Kier alpha value is -3.91. The molecule has 7 nitrogen and oxygen atoms in total. The topological polar surface area (TPSA) is 99.6 Å². The van der Waals surface area contributed by atoms with Crippen molar-refractivity contribution in [2.75, 3.05) is 6.61 Å². The van der Waals surface area contributed by atoms with Crippen molar-refractivity contribution in [3.8, 4) is 22.8 Å². The van der Waals surface area contributed by atoms with E-state index in [0.717, 1.165) is 22.2 Å². The van der Waals surface area contributed by atoms with Crippen LogP contribution in [-0.2, 0) is 6.42 Å². The van der Waals surface area contributed by atoms with Gasteiger partial charge in [0.25, 0.3) is 5.91 Å². The Kier molecular flexibility index (Phi) is 7.16. The summed E-state index contributed by atoms with van der Waals surface area (Å²) in [6.07, 6.45) is 2.20. The quantitative estimate of drug-likeness (QED) is 0.234. The fourth-order valence-corrected chi connectivity index (χ4v) is 3.47. The minimum Gasteiger partial charge on any atom is -0.507 e. The Morgan fingerprint density at radius 2 is 1.88 bits per heavy atom. The Labute approximate surface area is 199 Å². The van der Waals surface area contributed by atoms with Gasteiger partial charge in [-0.25, -0.2) is 5.43 Å². The number of hydrogen-bond donors (Lipinski definition) is 3. The molecule has 166 valence electrons. The van der Waals surface area contributed by atoms with Gasteiger partial charge in [0, 0.05) is 22.0 Å². The molecule has 1 amide bonds. The van der Waals surface area contributed by atoms with E-state index >= 15 is 0 Å². The SMILES string of the molecule is O=C(NN=Cc1cc(Br)ccc1O)c1cc(-c2ccc(OCCc3ccccc3)cc2)n[nH]1. The number of phenols is 1. The number of benzene rings is 3. The van der Waals surface area contributed by atoms with Gasteiger partial charge in [-0.1, -0.05) is 46.3 Å². The summed E-state index contributed by atoms with van der Waals surface area (Å²) in [7, 11) is 0. The molecule has 0 spiro atoms. The second-order valence-corrected chi connectivity index (χ2v) is 8.09. The maximum Gasteiger partial charge on any atom is 0.289 e. The predicted molar refractivity (Wildman–Crippen MR) is 131 cm³/mol. The van der Waals surface area contributed by atoms with Crippen LogP contribution in [0.3, 0.4) is 0 Å². The number of hydrazone groups is 1. The third kappa shape index (κ3) is 6.08. The van der Waals surface area contributed by atoms with E-state index in [0.29, 0.717) is 17.9 Å². The molecule has 0 radical (unpaired) electrons. The molecular formula is C25H21BrN4O3. The molecule has 0 aliphatic heterocycles. The number of nitrogens with zero attached hydrogens (tertiary/aromatic N) is 2. The van der Waals surface area contributed by atoms with Crippen LogP contribution < -0.4 is 10.2 Å². The van der Waals surface area contributed by atoms with Gasteiger partial charge in [0.05, 0.1) is 18.5 Å². The lowest BCUT2D eigenvalue weighted by molar-refractivity contribution is 0.0950. The minimum absolute atomic E-state index is 0.0625. The van der Waals surface area contributed by atoms with Crippen LogP contribution >= 0.6 is 15.9 Å². The number of carbonyl (C=O) groups is 1. The zero-order chi connectivity index (χ0) is 23.0. The summed E-state index contributed by atoms with van der Waals surface area (Å²) in [5, 5.41) is 20.6. The fraction of sp³-hybridized carbons (Fsp3) is 0.0800. The smallest absolute Gasteiger partial charge is 0.289 e. The highest BCUT2D eigenvalue weighted by Crippen LogP contribution is 2.22. The number of carbonyl (C=O) groups excluding carboxylic acids is 1. The highest BCUT2D eigenvalue weighted by Gasteiger charge is 2.11. The van der Waals surface area contributed by atoms with Crippen molar-refractivity contribution in [3.05, 3.63) is 100 Å². The van der Waals surface area contributed by atoms with Gasteiger partial charge in [-0.3, -0.25) is 9.89 Å². The van der Waals surface area contributed by atoms with Gasteiger partial charge in [-0.15, -0.1) is 0 Å². The van der Waals surface area contributed by atoms with Gasteiger partial charge < -0.3 is 9.84 Å². The highest BCUT2D eigenvalue weighted by atomic mass is 79.9. The molecule has 0 bridgehead atoms. The van der Waals surface area contributed by atoms with Crippen LogP contribution in [0, 0.1) is 0 Å². The molecule has 4 rings (SSSR count). The zero-order valence-electron chi connectivity index (χ0n) is 17.5. The molecule has 1 heterocycles. The van der Waals surface area contributed by atoms with Gasteiger partial charge in [0.15, 0.2) is 0 Å². The van der Waals surface area contributed by atoms with E-state index < -0.39 is 5.91 Å². The molecule has 0 saturated heterocycles. The zero-order valence-corrected chi connectivity index (χ0v) is 19.1. The summed E-state index contributed by atoms with van der Waals surface area (Å²) >= 11 is 3.32. The molecule has 0 unspecified atom stereocenters. The number of halogens is 1. The van der Waals surface area contributed by atoms with E-state index in [2.05, 4.69) is 48.8 Å². The standard InChI is InChI=1S/C25H21BrN4O3/c26-20-8-11-24(31)19(14-20)16-27-30-25(32)23-15-22(28-29-23)18-6-9-21(10-7-18)33-13-12-17-4-2-1-3-5-17/h1-11,14-16,31H,12-13H2,(H,28,29)(H,30,32). The molecule has 0 saturated carbocycles. The lowest BCUT2D eigenvalue weighted by Crippen LogP contribution is -2.18. The normalized spacial score (nSPS) is 10.9. The highest BCUT2D eigenvalue weighted by molar-refractivity contribution is 9.10. The number of aromatic hydroxyl groups is 1.